The lowest BCUT2D eigenvalue weighted by atomic mass is 9.96. The zero-order valence-corrected chi connectivity index (χ0v) is 78.9. The number of hydrogen-bond donors (Lipinski definition) is 26. The van der Waals surface area contributed by atoms with Crippen molar-refractivity contribution in [3.63, 3.8) is 0 Å². The molecule has 0 saturated carbocycles. The molecule has 7 aromatic rings. The number of amides is 16. The molecule has 0 radical (unpaired) electrons. The van der Waals surface area contributed by atoms with Gasteiger partial charge in [-0.3, -0.25) is 81.5 Å². The maximum absolute atomic E-state index is 15.5. The average molecular weight is 1950 g/mol. The molecule has 0 aliphatic rings. The van der Waals surface area contributed by atoms with E-state index in [2.05, 4.69) is 84.4 Å². The summed E-state index contributed by atoms with van der Waals surface area (Å²) in [5.74, 6) is -20.4. The maximum atomic E-state index is 15.5. The quantitative estimate of drug-likeness (QED) is 0.0186. The monoisotopic (exact) mass is 1950 g/mol. The lowest BCUT2D eigenvalue weighted by Crippen LogP contribution is -2.62. The van der Waals surface area contributed by atoms with E-state index >= 15 is 33.6 Å². The number of unbranched alkanes of at least 4 members (excludes halogenated alkanes) is 2. The van der Waals surface area contributed by atoms with Crippen LogP contribution in [0.4, 0.5) is 0 Å². The number of carboxylic acid groups (broad SMARTS) is 2. The van der Waals surface area contributed by atoms with Crippen molar-refractivity contribution in [1.82, 2.24) is 84.4 Å². The van der Waals surface area contributed by atoms with E-state index in [4.69, 9.17) is 28.7 Å². The number of phenols is 2. The smallest absolute Gasteiger partial charge is 0.326 e. The number of para-hydroxylation sites is 2. The number of aliphatic hydroxyl groups is 1. The van der Waals surface area contributed by atoms with Crippen LogP contribution in [0.15, 0.2) is 140 Å². The van der Waals surface area contributed by atoms with Crippen molar-refractivity contribution in [2.75, 3.05) is 19.7 Å². The van der Waals surface area contributed by atoms with Gasteiger partial charge in [-0.15, -0.1) is 0 Å². The van der Waals surface area contributed by atoms with Gasteiger partial charge in [-0.1, -0.05) is 132 Å². The molecule has 0 fully saturated rings. The highest BCUT2D eigenvalue weighted by molar-refractivity contribution is 6.02. The summed E-state index contributed by atoms with van der Waals surface area (Å²) in [7, 11) is 0. The third-order valence-electron chi connectivity index (χ3n) is 23.8. The van der Waals surface area contributed by atoms with E-state index < -0.39 is 241 Å². The predicted octanol–water partition coefficient (Wildman–Crippen LogP) is -1.84. The molecule has 0 aliphatic carbocycles. The summed E-state index contributed by atoms with van der Waals surface area (Å²) in [5, 5.41) is 87.2. The van der Waals surface area contributed by atoms with E-state index in [0.29, 0.717) is 68.9 Å². The number of primary amides is 2. The Morgan fingerprint density at radius 3 is 1.08 bits per heavy atom. The number of fused-ring (bicyclic) bond motifs is 2. The third-order valence-corrected chi connectivity index (χ3v) is 23.8. The lowest BCUT2D eigenvalue weighted by molar-refractivity contribution is -0.143. The SMILES string of the molecule is CC[C@H](C)[C@H](NC(=O)[C@H](CCCCN)NC(=O)[C@H](Cc1ccc(O)cc1)NC(=O)[C@H](Cc1c[nH]c2ccccc12)NC(=O)[C@H](C)NC(=O)[C@@H](NC(=O)[C@H](Cc1c[nH]c2ccccc12)NC(=O)[C@H](Cc1ccccc1)NC(=O)[C@H](Cc1ccc(O)cc1)NC(=O)[C@H](CCC(N)=O)NC(=O)[C@@H](N)CCC(=O)O)[C@@H](C)CC)C(=O)N[C@@H](C)C(=O)N[C@@H](CC(N)=O)C(=O)N[C@@H](CO)C(=O)N[C@@H](CCCCN)C(=O)O. The molecule has 7 rings (SSSR count). The predicted molar refractivity (Wildman–Crippen MR) is 513 cm³/mol. The number of aromatic hydroxyl groups is 2. The second-order valence-electron chi connectivity index (χ2n) is 34.7. The van der Waals surface area contributed by atoms with Gasteiger partial charge in [0.2, 0.25) is 94.5 Å². The number of hydrogen-bond acceptors (Lipinski definition) is 24. The van der Waals surface area contributed by atoms with E-state index in [1.807, 2.05) is 0 Å². The molecule has 0 aliphatic heterocycles. The second-order valence-corrected chi connectivity index (χ2v) is 34.7. The molecule has 2 heterocycles. The fourth-order valence-electron chi connectivity index (χ4n) is 15.2. The molecule has 0 bridgehead atoms. The highest BCUT2D eigenvalue weighted by atomic mass is 16.4. The van der Waals surface area contributed by atoms with Crippen molar-refractivity contribution in [3.05, 3.63) is 168 Å². The normalized spacial score (nSPS) is 14.9. The molecule has 17 atom stereocenters. The van der Waals surface area contributed by atoms with Crippen molar-refractivity contribution >= 4 is 128 Å². The molecule has 0 unspecified atom stereocenters. The maximum Gasteiger partial charge on any atom is 0.326 e. The Morgan fingerprint density at radius 1 is 0.336 bits per heavy atom. The fourth-order valence-corrected chi connectivity index (χ4v) is 15.2. The second kappa shape index (κ2) is 56.1. The minimum absolute atomic E-state index is 0.0465. The van der Waals surface area contributed by atoms with Gasteiger partial charge in [0, 0.05) is 79.1 Å². The van der Waals surface area contributed by atoms with Crippen molar-refractivity contribution < 1.29 is 112 Å². The van der Waals surface area contributed by atoms with Crippen LogP contribution in [0.25, 0.3) is 21.8 Å². The molecule has 44 nitrogen and oxygen atoms in total. The van der Waals surface area contributed by atoms with Crippen LogP contribution < -0.4 is 103 Å². The van der Waals surface area contributed by atoms with Crippen LogP contribution in [0, 0.1) is 11.8 Å². The van der Waals surface area contributed by atoms with E-state index in [1.54, 1.807) is 119 Å². The minimum Gasteiger partial charge on any atom is -0.508 e. The number of benzene rings is 5. The van der Waals surface area contributed by atoms with Gasteiger partial charge in [0.1, 0.15) is 96.1 Å². The van der Waals surface area contributed by atoms with Crippen molar-refractivity contribution in [2.24, 2.45) is 40.5 Å². The minimum atomic E-state index is -1.83. The van der Waals surface area contributed by atoms with E-state index in [-0.39, 0.29) is 95.2 Å². The van der Waals surface area contributed by atoms with Gasteiger partial charge in [-0.25, -0.2) is 4.79 Å². The zero-order chi connectivity index (χ0) is 103. The number of rotatable bonds is 60. The molecule has 758 valence electrons. The number of carbonyl (C=O) groups excluding carboxylic acids is 16. The first-order chi connectivity index (χ1) is 66.6. The van der Waals surface area contributed by atoms with E-state index in [9.17, 15) is 78.3 Å². The Hall–Kier alpha value is -14.9. The Morgan fingerprint density at radius 2 is 0.671 bits per heavy atom. The number of nitrogens with one attached hydrogen (secondary N) is 16. The largest absolute Gasteiger partial charge is 0.508 e. The van der Waals surface area contributed by atoms with Crippen LogP contribution in [0.3, 0.4) is 0 Å². The van der Waals surface area contributed by atoms with Gasteiger partial charge in [0.15, 0.2) is 0 Å². The van der Waals surface area contributed by atoms with Gasteiger partial charge in [0.25, 0.3) is 0 Å². The first kappa shape index (κ1) is 112. The van der Waals surface area contributed by atoms with Gasteiger partial charge >= 0.3 is 11.9 Å². The van der Waals surface area contributed by atoms with Crippen molar-refractivity contribution in [3.8, 4) is 11.5 Å². The van der Waals surface area contributed by atoms with Gasteiger partial charge in [0.05, 0.1) is 19.1 Å². The van der Waals surface area contributed by atoms with Gasteiger partial charge < -0.3 is 139 Å². The van der Waals surface area contributed by atoms with Crippen LogP contribution in [0.5, 0.6) is 11.5 Å². The van der Waals surface area contributed by atoms with E-state index in [1.165, 1.54) is 62.4 Å². The molecule has 2 aromatic heterocycles. The number of carboxylic acids is 2. The standard InChI is InChI=1S/C96H131N21O23/c1-7-51(3)80(94(137)105-54(6)83(126)110-75(47-78(101)122)91(134)115-76(50-118)93(136)108-69(96(139)140)27-17-19-41-98)116-86(129)67(26-16-18-40-97)107-87(130)71(43-56-28-32-60(119)33-29-56)113-90(133)73(45-58-48-102-65-24-14-12-22-62(58)65)109-82(125)53(5)104-95(138)81(52(4)8-2)117-92(135)74(46-59-49-103-66-25-15-13-23-63(59)66)114-89(132)70(42-55-20-10-9-11-21-55)112-88(131)72(44-57-30-34-61(120)35-31-57)111-85(128)68(37-38-77(100)121)106-84(127)64(99)36-39-79(123)124/h9-15,20-25,28-35,48-49,51-54,64,67-76,80-81,102-103,118-120H,7-8,16-19,26-27,36-47,50,97-99H2,1-6H3,(H2,100,121)(H2,101,122)(H,104,138)(H,105,137)(H,106,127)(H,107,130)(H,108,136)(H,109,125)(H,110,126)(H,111,128)(H,112,131)(H,113,133)(H,114,132)(H,115,134)(H,116,129)(H,117,135)(H,123,124)(H,139,140)/t51-,52-,53-,54-,64-,67-,68-,69-,70-,71-,72-,73-,74-,75-,76-,80-,81-/m0/s1. The first-order valence-electron chi connectivity index (χ1n) is 46.4. The van der Waals surface area contributed by atoms with Crippen LogP contribution in [-0.2, 0) is 118 Å². The summed E-state index contributed by atoms with van der Waals surface area (Å²) >= 11 is 0. The Labute approximate surface area is 807 Å². The van der Waals surface area contributed by atoms with Crippen LogP contribution in [0.2, 0.25) is 0 Å². The molecular weight excluding hydrogens is 1820 g/mol. The molecule has 140 heavy (non-hydrogen) atoms. The fraction of sp³-hybridized carbons (Fsp3) is 0.458. The molecule has 5 aromatic carbocycles. The number of H-pyrrole nitrogens is 2. The summed E-state index contributed by atoms with van der Waals surface area (Å²) in [6.07, 6.45) is 0.787. The summed E-state index contributed by atoms with van der Waals surface area (Å²) in [5.41, 5.74) is 31.9. The van der Waals surface area contributed by atoms with Crippen LogP contribution in [0.1, 0.15) is 153 Å². The summed E-state index contributed by atoms with van der Waals surface area (Å²) in [6.45, 7) is 8.50. The molecule has 0 spiro atoms. The molecule has 16 amide bonds. The highest BCUT2D eigenvalue weighted by Gasteiger charge is 2.41. The molecule has 44 heteroatoms. The topological polar surface area (TPSA) is 739 Å². The summed E-state index contributed by atoms with van der Waals surface area (Å²) in [6, 6.07) is 9.97. The van der Waals surface area contributed by atoms with Gasteiger partial charge in [-0.05, 0) is 154 Å². The average Bonchev–Trinajstić information content (AvgIpc) is 1.64. The Balaban J connectivity index is 1.14. The molecule has 31 N–H and O–H groups in total. The summed E-state index contributed by atoms with van der Waals surface area (Å²) < 4.78 is 0. The molecule has 0 saturated heterocycles. The number of nitrogens with two attached hydrogens (primary N) is 5. The summed E-state index contributed by atoms with van der Waals surface area (Å²) in [4.78, 5) is 259. The van der Waals surface area contributed by atoms with Crippen molar-refractivity contribution in [1.29, 1.82) is 0 Å². The number of aliphatic hydroxyl groups excluding tert-OH is 1. The molecular formula is C96H131N21O23. The van der Waals surface area contributed by atoms with Crippen molar-refractivity contribution in [2.45, 2.75) is 248 Å². The number of aromatic nitrogens is 2. The van der Waals surface area contributed by atoms with Gasteiger partial charge in [-0.2, -0.15) is 0 Å². The Kier molecular flexibility index (Phi) is 44.9. The zero-order valence-electron chi connectivity index (χ0n) is 78.9. The number of phenolic OH excluding ortho intramolecular Hbond substituents is 2. The number of aromatic amines is 2. The van der Waals surface area contributed by atoms with Crippen LogP contribution in [-0.4, -0.2) is 252 Å². The Bertz CT molecular complexity index is 5430. The number of aliphatic carboxylic acids is 2. The lowest BCUT2D eigenvalue weighted by Gasteiger charge is -2.30. The highest BCUT2D eigenvalue weighted by Crippen LogP contribution is 2.24. The number of carbonyl (C=O) groups is 18. The first-order valence-corrected chi connectivity index (χ1v) is 46.4. The van der Waals surface area contributed by atoms with E-state index in [0.717, 1.165) is 0 Å². The third kappa shape index (κ3) is 35.6. The van der Waals surface area contributed by atoms with Crippen LogP contribution >= 0.6 is 0 Å².